The van der Waals surface area contributed by atoms with Crippen molar-refractivity contribution in [2.45, 2.75) is 45.6 Å². The minimum Gasteiger partial charge on any atom is -0.462 e. The molecule has 0 bridgehead atoms. The second-order valence-electron chi connectivity index (χ2n) is 8.77. The first-order valence-electron chi connectivity index (χ1n) is 12.1. The summed E-state index contributed by atoms with van der Waals surface area (Å²) in [6, 6.07) is 14.6. The molecule has 0 aliphatic heterocycles. The van der Waals surface area contributed by atoms with Gasteiger partial charge in [-0.15, -0.1) is 11.3 Å². The van der Waals surface area contributed by atoms with Crippen molar-refractivity contribution in [2.75, 3.05) is 22.5 Å². The number of nitrogens with zero attached hydrogens (tertiary/aromatic N) is 1. The molecule has 3 aromatic rings. The molecule has 0 radical (unpaired) electrons. The second-order valence-corrected chi connectivity index (χ2v) is 11.7. The molecule has 0 saturated heterocycles. The number of carbonyl (C=O) groups is 2. The standard InChI is InChI=1S/C27H30N2O6S2/c1-4-34-27(31)24-22-12-8-9-13-23(22)36-26(24)28-25(30)18(2)29(37(3,32)33)19-14-16-21(17-15-19)35-20-10-6-5-7-11-20/h5-7,10-11,14-18H,4,8-9,12-13H2,1-3H3,(H,28,30)/t18-/m0/s1. The normalized spacial score (nSPS) is 13.8. The van der Waals surface area contributed by atoms with Gasteiger partial charge in [0.05, 0.1) is 24.1 Å². The molecule has 8 nitrogen and oxygen atoms in total. The van der Waals surface area contributed by atoms with Gasteiger partial charge < -0.3 is 14.8 Å². The lowest BCUT2D eigenvalue weighted by Gasteiger charge is -2.28. The van der Waals surface area contributed by atoms with Crippen LogP contribution in [0.15, 0.2) is 54.6 Å². The molecule has 10 heteroatoms. The van der Waals surface area contributed by atoms with Crippen molar-refractivity contribution in [3.05, 3.63) is 70.6 Å². The molecule has 4 rings (SSSR count). The smallest absolute Gasteiger partial charge is 0.341 e. The highest BCUT2D eigenvalue weighted by atomic mass is 32.2. The Kier molecular flexibility index (Phi) is 8.19. The van der Waals surface area contributed by atoms with Crippen LogP contribution in [0.5, 0.6) is 11.5 Å². The third-order valence-corrected chi connectivity index (χ3v) is 8.50. The number of fused-ring (bicyclic) bond motifs is 1. The molecular formula is C27H30N2O6S2. The van der Waals surface area contributed by atoms with Gasteiger partial charge in [-0.05, 0) is 81.5 Å². The van der Waals surface area contributed by atoms with Crippen molar-refractivity contribution in [2.24, 2.45) is 0 Å². The Morgan fingerprint density at radius 3 is 2.32 bits per heavy atom. The summed E-state index contributed by atoms with van der Waals surface area (Å²) in [5.74, 6) is 0.167. The van der Waals surface area contributed by atoms with Gasteiger partial charge in [0.2, 0.25) is 15.9 Å². The first kappa shape index (κ1) is 26.7. The molecule has 37 heavy (non-hydrogen) atoms. The number of para-hydroxylation sites is 1. The van der Waals surface area contributed by atoms with Gasteiger partial charge in [-0.1, -0.05) is 18.2 Å². The van der Waals surface area contributed by atoms with Gasteiger partial charge in [0.1, 0.15) is 22.5 Å². The van der Waals surface area contributed by atoms with Gasteiger partial charge in [-0.2, -0.15) is 0 Å². The Morgan fingerprint density at radius 1 is 1.03 bits per heavy atom. The van der Waals surface area contributed by atoms with Crippen LogP contribution in [0.2, 0.25) is 0 Å². The van der Waals surface area contributed by atoms with E-state index in [1.54, 1.807) is 31.2 Å². The Balaban J connectivity index is 1.58. The van der Waals surface area contributed by atoms with E-state index in [1.165, 1.54) is 18.3 Å². The van der Waals surface area contributed by atoms with E-state index in [0.29, 0.717) is 27.8 Å². The summed E-state index contributed by atoms with van der Waals surface area (Å²) in [4.78, 5) is 27.1. The summed E-state index contributed by atoms with van der Waals surface area (Å²) in [6.45, 7) is 3.47. The zero-order chi connectivity index (χ0) is 26.6. The number of amides is 1. The number of carbonyl (C=O) groups excluding carboxylic acids is 2. The number of thiophene rings is 1. The number of ether oxygens (including phenoxy) is 2. The van der Waals surface area contributed by atoms with E-state index in [0.717, 1.165) is 46.7 Å². The number of anilines is 2. The van der Waals surface area contributed by atoms with Crippen LogP contribution in [0.1, 0.15) is 47.5 Å². The van der Waals surface area contributed by atoms with Gasteiger partial charge in [0.25, 0.3) is 0 Å². The average molecular weight is 543 g/mol. The minimum atomic E-state index is -3.82. The van der Waals surface area contributed by atoms with E-state index in [1.807, 2.05) is 30.3 Å². The van der Waals surface area contributed by atoms with E-state index in [2.05, 4.69) is 5.32 Å². The molecule has 0 spiro atoms. The van der Waals surface area contributed by atoms with Crippen LogP contribution in [0.3, 0.4) is 0 Å². The lowest BCUT2D eigenvalue weighted by molar-refractivity contribution is -0.116. The molecule has 1 aliphatic rings. The second kappa shape index (κ2) is 11.4. The molecule has 1 atom stereocenters. The molecule has 0 saturated carbocycles. The van der Waals surface area contributed by atoms with Crippen molar-refractivity contribution in [3.63, 3.8) is 0 Å². The summed E-state index contributed by atoms with van der Waals surface area (Å²) < 4.78 is 37.6. The summed E-state index contributed by atoms with van der Waals surface area (Å²) in [7, 11) is -3.82. The number of esters is 1. The fraction of sp³-hybridized carbons (Fsp3) is 0.333. The van der Waals surface area contributed by atoms with Crippen molar-refractivity contribution in [1.82, 2.24) is 0 Å². The molecule has 0 fully saturated rings. The molecule has 1 amide bonds. The average Bonchev–Trinajstić information content (AvgIpc) is 3.23. The highest BCUT2D eigenvalue weighted by molar-refractivity contribution is 7.92. The fourth-order valence-electron chi connectivity index (χ4n) is 4.38. The first-order valence-corrected chi connectivity index (χ1v) is 14.8. The summed E-state index contributed by atoms with van der Waals surface area (Å²) in [5, 5.41) is 3.23. The third-order valence-electron chi connectivity index (χ3n) is 6.05. The molecule has 0 unspecified atom stereocenters. The van der Waals surface area contributed by atoms with Gasteiger partial charge in [0.15, 0.2) is 0 Å². The van der Waals surface area contributed by atoms with Crippen LogP contribution in [-0.2, 0) is 32.4 Å². The first-order chi connectivity index (χ1) is 17.7. The quantitative estimate of drug-likeness (QED) is 0.364. The summed E-state index contributed by atoms with van der Waals surface area (Å²) in [6.07, 6.45) is 4.62. The largest absolute Gasteiger partial charge is 0.462 e. The monoisotopic (exact) mass is 542 g/mol. The van der Waals surface area contributed by atoms with E-state index < -0.39 is 27.9 Å². The predicted octanol–water partition coefficient (Wildman–Crippen LogP) is 5.39. The lowest BCUT2D eigenvalue weighted by Crippen LogP contribution is -2.45. The maximum atomic E-state index is 13.3. The topological polar surface area (TPSA) is 102 Å². The minimum absolute atomic E-state index is 0.221. The predicted molar refractivity (Wildman–Crippen MR) is 145 cm³/mol. The number of nitrogens with one attached hydrogen (secondary N) is 1. The van der Waals surface area contributed by atoms with Crippen LogP contribution in [0.4, 0.5) is 10.7 Å². The van der Waals surface area contributed by atoms with Crippen molar-refractivity contribution < 1.29 is 27.5 Å². The third kappa shape index (κ3) is 6.14. The van der Waals surface area contributed by atoms with Crippen LogP contribution in [0, 0.1) is 0 Å². The fourth-order valence-corrected chi connectivity index (χ4v) is 6.84. The molecule has 1 N–H and O–H groups in total. The molecular weight excluding hydrogens is 512 g/mol. The zero-order valence-corrected chi connectivity index (χ0v) is 22.7. The molecule has 1 aliphatic carbocycles. The number of hydrogen-bond acceptors (Lipinski definition) is 7. The number of sulfonamides is 1. The van der Waals surface area contributed by atoms with E-state index >= 15 is 0 Å². The number of aryl methyl sites for hydroxylation is 1. The summed E-state index contributed by atoms with van der Waals surface area (Å²) in [5.41, 5.74) is 1.63. The molecule has 1 aromatic heterocycles. The Hall–Kier alpha value is -3.37. The highest BCUT2D eigenvalue weighted by Gasteiger charge is 2.32. The SMILES string of the molecule is CCOC(=O)c1c(NC(=O)[C@H](C)N(c2ccc(Oc3ccccc3)cc2)S(C)(=O)=O)sc2c1CCCC2. The van der Waals surface area contributed by atoms with Gasteiger partial charge in [-0.3, -0.25) is 9.10 Å². The molecule has 196 valence electrons. The van der Waals surface area contributed by atoms with Gasteiger partial charge >= 0.3 is 5.97 Å². The number of rotatable bonds is 9. The number of hydrogen-bond donors (Lipinski definition) is 1. The van der Waals surface area contributed by atoms with Crippen LogP contribution in [0.25, 0.3) is 0 Å². The Labute approximate surface area is 221 Å². The lowest BCUT2D eigenvalue weighted by atomic mass is 9.95. The molecule has 1 heterocycles. The van der Waals surface area contributed by atoms with Gasteiger partial charge in [0, 0.05) is 4.88 Å². The van der Waals surface area contributed by atoms with Crippen LogP contribution in [-0.4, -0.2) is 39.2 Å². The van der Waals surface area contributed by atoms with Crippen molar-refractivity contribution in [3.8, 4) is 11.5 Å². The van der Waals surface area contributed by atoms with Crippen LogP contribution >= 0.6 is 11.3 Å². The Bertz CT molecular complexity index is 1370. The van der Waals surface area contributed by atoms with E-state index in [4.69, 9.17) is 9.47 Å². The number of benzene rings is 2. The highest BCUT2D eigenvalue weighted by Crippen LogP contribution is 2.39. The van der Waals surface area contributed by atoms with Crippen LogP contribution < -0.4 is 14.4 Å². The Morgan fingerprint density at radius 2 is 1.68 bits per heavy atom. The van der Waals surface area contributed by atoms with Crippen molar-refractivity contribution >= 4 is 43.9 Å². The molecule has 2 aromatic carbocycles. The van der Waals surface area contributed by atoms with E-state index in [-0.39, 0.29) is 6.61 Å². The maximum absolute atomic E-state index is 13.3. The van der Waals surface area contributed by atoms with E-state index in [9.17, 15) is 18.0 Å². The van der Waals surface area contributed by atoms with Crippen molar-refractivity contribution in [1.29, 1.82) is 0 Å². The maximum Gasteiger partial charge on any atom is 0.341 e. The van der Waals surface area contributed by atoms with Gasteiger partial charge in [-0.25, -0.2) is 13.2 Å². The summed E-state index contributed by atoms with van der Waals surface area (Å²) >= 11 is 1.36. The zero-order valence-electron chi connectivity index (χ0n) is 21.0.